The monoisotopic (exact) mass is 315 g/mol. The Balaban J connectivity index is 3.17. The molecule has 0 saturated carbocycles. The summed E-state index contributed by atoms with van der Waals surface area (Å²) in [4.78, 5) is 11.6. The molecule has 3 nitrogen and oxygen atoms in total. The first kappa shape index (κ1) is 17.3. The number of benzene rings is 1. The normalized spacial score (nSPS) is 12.3. The van der Waals surface area contributed by atoms with Gasteiger partial charge in [0.1, 0.15) is 0 Å². The van der Waals surface area contributed by atoms with Gasteiger partial charge in [0, 0.05) is 19.2 Å². The highest BCUT2D eigenvalue weighted by Crippen LogP contribution is 2.36. The van der Waals surface area contributed by atoms with Crippen molar-refractivity contribution in [2.24, 2.45) is 0 Å². The van der Waals surface area contributed by atoms with E-state index in [-0.39, 0.29) is 19.2 Å². The Bertz CT molecular complexity index is 477. The number of hydrogen-bond donors (Lipinski definition) is 1. The maximum atomic E-state index is 12.6. The molecule has 1 aromatic carbocycles. The van der Waals surface area contributed by atoms with E-state index in [9.17, 15) is 31.1 Å². The Morgan fingerprint density at radius 3 is 1.90 bits per heavy atom. The van der Waals surface area contributed by atoms with Crippen LogP contribution < -0.4 is 5.32 Å². The van der Waals surface area contributed by atoms with E-state index in [2.05, 4.69) is 10.1 Å². The summed E-state index contributed by atoms with van der Waals surface area (Å²) in [5, 5.41) is 2.16. The van der Waals surface area contributed by atoms with Crippen LogP contribution in [0.4, 0.5) is 26.3 Å². The molecule has 0 aromatic heterocycles. The molecule has 0 atom stereocenters. The van der Waals surface area contributed by atoms with E-state index < -0.39 is 35.0 Å². The zero-order valence-corrected chi connectivity index (χ0v) is 10.7. The fourth-order valence-electron chi connectivity index (χ4n) is 1.45. The van der Waals surface area contributed by atoms with Crippen molar-refractivity contribution in [1.82, 2.24) is 5.32 Å². The molecule has 0 spiro atoms. The SMILES string of the molecule is COCCNC(=O)c1cc(C(F)(F)F)cc(C(F)(F)F)c1. The molecule has 0 fully saturated rings. The van der Waals surface area contributed by atoms with Crippen molar-refractivity contribution in [1.29, 1.82) is 0 Å². The van der Waals surface area contributed by atoms with E-state index in [4.69, 9.17) is 0 Å². The zero-order valence-electron chi connectivity index (χ0n) is 10.7. The van der Waals surface area contributed by atoms with Crippen LogP contribution in [0.2, 0.25) is 0 Å². The van der Waals surface area contributed by atoms with Crippen LogP contribution in [0.1, 0.15) is 21.5 Å². The molecule has 0 bridgehead atoms. The molecule has 0 aliphatic rings. The number of carbonyl (C=O) groups excluding carboxylic acids is 1. The number of alkyl halides is 6. The van der Waals surface area contributed by atoms with Crippen LogP contribution in [-0.2, 0) is 17.1 Å². The summed E-state index contributed by atoms with van der Waals surface area (Å²) < 4.78 is 80.1. The van der Waals surface area contributed by atoms with Crippen LogP contribution in [0, 0.1) is 0 Å². The average Bonchev–Trinajstić information content (AvgIpc) is 2.36. The van der Waals surface area contributed by atoms with Crippen LogP contribution in [0.25, 0.3) is 0 Å². The Labute approximate surface area is 115 Å². The molecule has 1 amide bonds. The molecule has 1 rings (SSSR count). The minimum Gasteiger partial charge on any atom is -0.383 e. The first-order valence-corrected chi connectivity index (χ1v) is 5.62. The van der Waals surface area contributed by atoms with Crippen LogP contribution in [0.15, 0.2) is 18.2 Å². The van der Waals surface area contributed by atoms with Crippen molar-refractivity contribution in [3.05, 3.63) is 34.9 Å². The number of ether oxygens (including phenoxy) is 1. The van der Waals surface area contributed by atoms with E-state index in [0.717, 1.165) is 0 Å². The molecular weight excluding hydrogens is 304 g/mol. The molecule has 0 unspecified atom stereocenters. The first-order valence-electron chi connectivity index (χ1n) is 5.62. The van der Waals surface area contributed by atoms with Crippen molar-refractivity contribution >= 4 is 5.91 Å². The maximum Gasteiger partial charge on any atom is 0.416 e. The van der Waals surface area contributed by atoms with Crippen molar-refractivity contribution in [2.75, 3.05) is 20.3 Å². The summed E-state index contributed by atoms with van der Waals surface area (Å²) in [6.07, 6.45) is -9.97. The van der Waals surface area contributed by atoms with Gasteiger partial charge in [-0.2, -0.15) is 26.3 Å². The lowest BCUT2D eigenvalue weighted by molar-refractivity contribution is -0.143. The molecule has 0 aliphatic heterocycles. The smallest absolute Gasteiger partial charge is 0.383 e. The average molecular weight is 315 g/mol. The van der Waals surface area contributed by atoms with Gasteiger partial charge in [0.2, 0.25) is 0 Å². The van der Waals surface area contributed by atoms with Gasteiger partial charge in [-0.25, -0.2) is 0 Å². The third kappa shape index (κ3) is 4.92. The molecule has 9 heteroatoms. The topological polar surface area (TPSA) is 38.3 Å². The van der Waals surface area contributed by atoms with Crippen LogP contribution in [0.3, 0.4) is 0 Å². The quantitative estimate of drug-likeness (QED) is 0.685. The van der Waals surface area contributed by atoms with Gasteiger partial charge < -0.3 is 10.1 Å². The Morgan fingerprint density at radius 1 is 1.05 bits per heavy atom. The third-order valence-corrected chi connectivity index (χ3v) is 2.44. The molecule has 0 aliphatic carbocycles. The van der Waals surface area contributed by atoms with Gasteiger partial charge >= 0.3 is 12.4 Å². The van der Waals surface area contributed by atoms with Crippen LogP contribution in [-0.4, -0.2) is 26.2 Å². The van der Waals surface area contributed by atoms with E-state index in [1.54, 1.807) is 0 Å². The zero-order chi connectivity index (χ0) is 16.3. The minimum absolute atomic E-state index is 0.0348. The number of amides is 1. The second kappa shape index (κ2) is 6.33. The Kier molecular flexibility index (Phi) is 5.21. The standard InChI is InChI=1S/C12H11F6NO2/c1-21-3-2-19-10(20)7-4-8(11(13,14)15)6-9(5-7)12(16,17)18/h4-6H,2-3H2,1H3,(H,19,20). The number of carbonyl (C=O) groups is 1. The predicted octanol–water partition coefficient (Wildman–Crippen LogP) is 3.10. The Morgan fingerprint density at radius 2 is 1.52 bits per heavy atom. The van der Waals surface area contributed by atoms with Gasteiger partial charge in [-0.1, -0.05) is 0 Å². The molecule has 0 heterocycles. The van der Waals surface area contributed by atoms with Gasteiger partial charge in [0.05, 0.1) is 17.7 Å². The summed E-state index contributed by atoms with van der Waals surface area (Å²) in [5.74, 6) is -1.04. The molecule has 0 saturated heterocycles. The summed E-state index contributed by atoms with van der Waals surface area (Å²) in [6.45, 7) is 0.0454. The number of rotatable bonds is 4. The highest BCUT2D eigenvalue weighted by Gasteiger charge is 2.37. The minimum atomic E-state index is -4.98. The van der Waals surface area contributed by atoms with Gasteiger partial charge in [-0.05, 0) is 18.2 Å². The lowest BCUT2D eigenvalue weighted by Gasteiger charge is -2.14. The van der Waals surface area contributed by atoms with Gasteiger partial charge in [-0.3, -0.25) is 4.79 Å². The summed E-state index contributed by atoms with van der Waals surface area (Å²) in [7, 11) is 1.33. The van der Waals surface area contributed by atoms with Crippen molar-refractivity contribution in [2.45, 2.75) is 12.4 Å². The lowest BCUT2D eigenvalue weighted by Crippen LogP contribution is -2.27. The van der Waals surface area contributed by atoms with E-state index in [1.165, 1.54) is 7.11 Å². The largest absolute Gasteiger partial charge is 0.416 e. The fraction of sp³-hybridized carbons (Fsp3) is 0.417. The first-order chi connectivity index (χ1) is 9.55. The Hall–Kier alpha value is -1.77. The number of hydrogen-bond acceptors (Lipinski definition) is 2. The van der Waals surface area contributed by atoms with Crippen LogP contribution >= 0.6 is 0 Å². The van der Waals surface area contributed by atoms with E-state index in [1.807, 2.05) is 0 Å². The van der Waals surface area contributed by atoms with E-state index >= 15 is 0 Å². The molecule has 21 heavy (non-hydrogen) atoms. The van der Waals surface area contributed by atoms with Crippen molar-refractivity contribution in [3.63, 3.8) is 0 Å². The van der Waals surface area contributed by atoms with Gasteiger partial charge in [0.15, 0.2) is 0 Å². The molecule has 118 valence electrons. The number of methoxy groups -OCH3 is 1. The molecule has 1 N–H and O–H groups in total. The summed E-state index contributed by atoms with van der Waals surface area (Å²) in [5.41, 5.74) is -3.78. The van der Waals surface area contributed by atoms with E-state index in [0.29, 0.717) is 12.1 Å². The van der Waals surface area contributed by atoms with Gasteiger partial charge in [-0.15, -0.1) is 0 Å². The molecule has 0 radical (unpaired) electrons. The van der Waals surface area contributed by atoms with Crippen molar-refractivity contribution < 1.29 is 35.9 Å². The van der Waals surface area contributed by atoms with Crippen molar-refractivity contribution in [3.8, 4) is 0 Å². The number of halogens is 6. The van der Waals surface area contributed by atoms with Gasteiger partial charge in [0.25, 0.3) is 5.91 Å². The molecule has 1 aromatic rings. The highest BCUT2D eigenvalue weighted by molar-refractivity contribution is 5.94. The summed E-state index contributed by atoms with van der Waals surface area (Å²) in [6, 6.07) is 0.709. The molecular formula is C12H11F6NO2. The second-order valence-corrected chi connectivity index (χ2v) is 4.04. The van der Waals surface area contributed by atoms with Crippen LogP contribution in [0.5, 0.6) is 0 Å². The second-order valence-electron chi connectivity index (χ2n) is 4.04. The lowest BCUT2D eigenvalue weighted by atomic mass is 10.0. The summed E-state index contributed by atoms with van der Waals surface area (Å²) >= 11 is 0. The fourth-order valence-corrected chi connectivity index (χ4v) is 1.45. The third-order valence-electron chi connectivity index (χ3n) is 2.44. The highest BCUT2D eigenvalue weighted by atomic mass is 19.4. The number of nitrogens with one attached hydrogen (secondary N) is 1. The predicted molar refractivity (Wildman–Crippen MR) is 60.7 cm³/mol. The maximum absolute atomic E-state index is 12.6.